The van der Waals surface area contributed by atoms with Crippen molar-refractivity contribution in [3.63, 3.8) is 0 Å². The lowest BCUT2D eigenvalue weighted by atomic mass is 10.1. The van der Waals surface area contributed by atoms with Crippen LogP contribution in [-0.4, -0.2) is 32.3 Å². The third kappa shape index (κ3) is 5.48. The number of benzene rings is 3. The highest BCUT2D eigenvalue weighted by Crippen LogP contribution is 2.28. The van der Waals surface area contributed by atoms with Crippen molar-refractivity contribution in [1.29, 1.82) is 0 Å². The van der Waals surface area contributed by atoms with Crippen LogP contribution in [0.5, 0.6) is 17.2 Å². The van der Waals surface area contributed by atoms with Crippen LogP contribution in [0, 0.1) is 6.92 Å². The van der Waals surface area contributed by atoms with Crippen LogP contribution in [0.4, 0.5) is 0 Å². The second kappa shape index (κ2) is 10.1. The fourth-order valence-corrected chi connectivity index (χ4v) is 2.80. The molecule has 0 aliphatic carbocycles. The minimum Gasteiger partial charge on any atom is -0.493 e. The number of amides is 1. The molecule has 0 atom stereocenters. The first-order valence-electron chi connectivity index (χ1n) is 9.45. The van der Waals surface area contributed by atoms with Gasteiger partial charge in [0.25, 0.3) is 5.91 Å². The van der Waals surface area contributed by atoms with Gasteiger partial charge in [-0.15, -0.1) is 0 Å². The van der Waals surface area contributed by atoms with Crippen LogP contribution in [0.15, 0.2) is 71.8 Å². The highest BCUT2D eigenvalue weighted by Gasteiger charge is 2.13. The summed E-state index contributed by atoms with van der Waals surface area (Å²) in [4.78, 5) is 24.5. The smallest absolute Gasteiger partial charge is 0.343 e. The van der Waals surface area contributed by atoms with E-state index in [0.29, 0.717) is 28.4 Å². The molecule has 0 aromatic heterocycles. The molecule has 0 unspecified atom stereocenters. The number of hydrogen-bond acceptors (Lipinski definition) is 6. The van der Waals surface area contributed by atoms with Gasteiger partial charge in [-0.05, 0) is 66.6 Å². The third-order valence-electron chi connectivity index (χ3n) is 4.48. The van der Waals surface area contributed by atoms with E-state index in [-0.39, 0.29) is 5.91 Å². The zero-order chi connectivity index (χ0) is 22.2. The molecular formula is C24H22N2O5. The lowest BCUT2D eigenvalue weighted by Gasteiger charge is -2.09. The first-order chi connectivity index (χ1) is 15.0. The normalized spacial score (nSPS) is 10.5. The Balaban J connectivity index is 1.60. The number of nitrogens with zero attached hydrogens (tertiary/aromatic N) is 1. The number of aryl methyl sites for hydroxylation is 1. The molecule has 3 aromatic rings. The highest BCUT2D eigenvalue weighted by molar-refractivity contribution is 5.96. The van der Waals surface area contributed by atoms with Crippen LogP contribution >= 0.6 is 0 Å². The van der Waals surface area contributed by atoms with E-state index in [1.54, 1.807) is 54.6 Å². The molecule has 7 heteroatoms. The summed E-state index contributed by atoms with van der Waals surface area (Å²) >= 11 is 0. The Hall–Kier alpha value is -4.13. The topological polar surface area (TPSA) is 86.2 Å². The largest absolute Gasteiger partial charge is 0.493 e. The Morgan fingerprint density at radius 2 is 1.61 bits per heavy atom. The Bertz CT molecular complexity index is 1110. The van der Waals surface area contributed by atoms with E-state index in [1.807, 2.05) is 19.1 Å². The molecule has 0 saturated heterocycles. The van der Waals surface area contributed by atoms with Crippen LogP contribution in [0.2, 0.25) is 0 Å². The van der Waals surface area contributed by atoms with Crippen LogP contribution in [0.25, 0.3) is 0 Å². The number of rotatable bonds is 7. The predicted molar refractivity (Wildman–Crippen MR) is 117 cm³/mol. The van der Waals surface area contributed by atoms with Crippen molar-refractivity contribution in [2.75, 3.05) is 14.2 Å². The molecule has 0 spiro atoms. The molecule has 3 rings (SSSR count). The number of ether oxygens (including phenoxy) is 3. The van der Waals surface area contributed by atoms with E-state index in [4.69, 9.17) is 14.2 Å². The summed E-state index contributed by atoms with van der Waals surface area (Å²) in [5.41, 5.74) is 5.01. The second-order valence-electron chi connectivity index (χ2n) is 6.54. The molecule has 1 amide bonds. The number of nitrogens with one attached hydrogen (secondary N) is 1. The van der Waals surface area contributed by atoms with Crippen LogP contribution in [0.3, 0.4) is 0 Å². The summed E-state index contributed by atoms with van der Waals surface area (Å²) in [6, 6.07) is 18.8. The molecule has 0 fully saturated rings. The van der Waals surface area contributed by atoms with Gasteiger partial charge in [-0.1, -0.05) is 18.2 Å². The number of hydrogen-bond donors (Lipinski definition) is 1. The number of hydrazone groups is 1. The van der Waals surface area contributed by atoms with Gasteiger partial charge in [-0.25, -0.2) is 10.2 Å². The number of esters is 1. The molecule has 31 heavy (non-hydrogen) atoms. The molecule has 0 aliphatic heterocycles. The van der Waals surface area contributed by atoms with Crippen LogP contribution in [-0.2, 0) is 0 Å². The van der Waals surface area contributed by atoms with Crippen molar-refractivity contribution < 1.29 is 23.8 Å². The molecule has 7 nitrogen and oxygen atoms in total. The fraction of sp³-hybridized carbons (Fsp3) is 0.125. The van der Waals surface area contributed by atoms with Crippen molar-refractivity contribution in [1.82, 2.24) is 5.43 Å². The summed E-state index contributed by atoms with van der Waals surface area (Å²) < 4.78 is 15.8. The predicted octanol–water partition coefficient (Wildman–Crippen LogP) is 4.00. The Morgan fingerprint density at radius 3 is 2.29 bits per heavy atom. The van der Waals surface area contributed by atoms with Crippen molar-refractivity contribution in [2.24, 2.45) is 5.10 Å². The van der Waals surface area contributed by atoms with Crippen LogP contribution in [0.1, 0.15) is 31.8 Å². The second-order valence-corrected chi connectivity index (χ2v) is 6.54. The molecule has 0 bridgehead atoms. The fourth-order valence-electron chi connectivity index (χ4n) is 2.80. The highest BCUT2D eigenvalue weighted by atomic mass is 16.5. The molecule has 0 radical (unpaired) electrons. The lowest BCUT2D eigenvalue weighted by Crippen LogP contribution is -2.18. The van der Waals surface area contributed by atoms with Gasteiger partial charge in [0.2, 0.25) is 0 Å². The average Bonchev–Trinajstić information content (AvgIpc) is 2.79. The first-order valence-corrected chi connectivity index (χ1v) is 9.45. The number of carbonyl (C=O) groups is 2. The van der Waals surface area contributed by atoms with E-state index in [1.165, 1.54) is 20.4 Å². The maximum Gasteiger partial charge on any atom is 0.343 e. The zero-order valence-electron chi connectivity index (χ0n) is 17.4. The average molecular weight is 418 g/mol. The molecule has 0 saturated carbocycles. The Labute approximate surface area is 180 Å². The summed E-state index contributed by atoms with van der Waals surface area (Å²) in [7, 11) is 3.02. The quantitative estimate of drug-likeness (QED) is 0.271. The molecular weight excluding hydrogens is 396 g/mol. The van der Waals surface area contributed by atoms with Gasteiger partial charge >= 0.3 is 5.97 Å². The van der Waals surface area contributed by atoms with Crippen molar-refractivity contribution >= 4 is 18.1 Å². The van der Waals surface area contributed by atoms with Gasteiger partial charge in [0.15, 0.2) is 11.5 Å². The maximum absolute atomic E-state index is 12.4. The van der Waals surface area contributed by atoms with Gasteiger partial charge in [-0.2, -0.15) is 5.10 Å². The van der Waals surface area contributed by atoms with Gasteiger partial charge in [0.1, 0.15) is 5.75 Å². The maximum atomic E-state index is 12.4. The monoisotopic (exact) mass is 418 g/mol. The zero-order valence-corrected chi connectivity index (χ0v) is 17.4. The molecule has 1 N–H and O–H groups in total. The first kappa shape index (κ1) is 21.6. The minimum absolute atomic E-state index is 0.283. The van der Waals surface area contributed by atoms with Gasteiger partial charge < -0.3 is 14.2 Å². The molecule has 0 aliphatic rings. The van der Waals surface area contributed by atoms with Crippen molar-refractivity contribution in [3.8, 4) is 17.2 Å². The molecule has 158 valence electrons. The van der Waals surface area contributed by atoms with Crippen LogP contribution < -0.4 is 19.6 Å². The van der Waals surface area contributed by atoms with Gasteiger partial charge in [-0.3, -0.25) is 4.79 Å². The Morgan fingerprint density at radius 1 is 0.903 bits per heavy atom. The Kier molecular flexibility index (Phi) is 7.01. The summed E-state index contributed by atoms with van der Waals surface area (Å²) in [5.74, 6) is 0.539. The number of carbonyl (C=O) groups excluding carboxylic acids is 2. The molecule has 3 aromatic carbocycles. The SMILES string of the molecule is COc1ccc(C(=O)Oc2ccc(/C=N\NC(=O)c3ccccc3C)cc2)cc1OC. The van der Waals surface area contributed by atoms with E-state index in [9.17, 15) is 9.59 Å². The van der Waals surface area contributed by atoms with E-state index >= 15 is 0 Å². The molecule has 0 heterocycles. The third-order valence-corrected chi connectivity index (χ3v) is 4.48. The lowest BCUT2D eigenvalue weighted by molar-refractivity contribution is 0.0734. The summed E-state index contributed by atoms with van der Waals surface area (Å²) in [6.07, 6.45) is 1.51. The van der Waals surface area contributed by atoms with E-state index in [2.05, 4.69) is 10.5 Å². The minimum atomic E-state index is -0.520. The standard InChI is InChI=1S/C24H22N2O5/c1-16-6-4-5-7-20(16)23(27)26-25-15-17-8-11-19(12-9-17)31-24(28)18-10-13-21(29-2)22(14-18)30-3/h4-15H,1-3H3,(H,26,27)/b25-15-. The van der Waals surface area contributed by atoms with E-state index < -0.39 is 5.97 Å². The summed E-state index contributed by atoms with van der Waals surface area (Å²) in [5, 5.41) is 3.97. The van der Waals surface area contributed by atoms with Gasteiger partial charge in [0, 0.05) is 5.56 Å². The van der Waals surface area contributed by atoms with Gasteiger partial charge in [0.05, 0.1) is 26.0 Å². The van der Waals surface area contributed by atoms with Crippen molar-refractivity contribution in [3.05, 3.63) is 89.0 Å². The summed E-state index contributed by atoms with van der Waals surface area (Å²) in [6.45, 7) is 1.86. The number of methoxy groups -OCH3 is 2. The van der Waals surface area contributed by atoms with Crippen molar-refractivity contribution in [2.45, 2.75) is 6.92 Å². The van der Waals surface area contributed by atoms with E-state index in [0.717, 1.165) is 11.1 Å².